The average molecular weight is 253 g/mol. The van der Waals surface area contributed by atoms with Gasteiger partial charge in [0.05, 0.1) is 33.0 Å². The topological polar surface area (TPSA) is 39.7 Å². The highest BCUT2D eigenvalue weighted by Crippen LogP contribution is 2.19. The highest BCUT2D eigenvalue weighted by molar-refractivity contribution is 5.30. The summed E-state index contributed by atoms with van der Waals surface area (Å²) in [4.78, 5) is 0. The summed E-state index contributed by atoms with van der Waals surface area (Å²) in [5, 5.41) is 3.24. The lowest BCUT2D eigenvalue weighted by Gasteiger charge is -2.17. The van der Waals surface area contributed by atoms with Gasteiger partial charge >= 0.3 is 0 Å². The van der Waals surface area contributed by atoms with Crippen LogP contribution in [-0.2, 0) is 9.47 Å². The van der Waals surface area contributed by atoms with Crippen LogP contribution in [0.3, 0.4) is 0 Å². The average Bonchev–Trinajstić information content (AvgIpc) is 2.43. The molecule has 1 aromatic rings. The van der Waals surface area contributed by atoms with Gasteiger partial charge in [-0.2, -0.15) is 0 Å². The Hall–Kier alpha value is -1.10. The highest BCUT2D eigenvalue weighted by Gasteiger charge is 2.09. The van der Waals surface area contributed by atoms with Crippen molar-refractivity contribution in [3.63, 3.8) is 0 Å². The summed E-state index contributed by atoms with van der Waals surface area (Å²) in [6.45, 7) is 4.60. The zero-order valence-electron chi connectivity index (χ0n) is 11.4. The Morgan fingerprint density at radius 2 is 2.00 bits per heavy atom. The minimum absolute atomic E-state index is 0.168. The van der Waals surface area contributed by atoms with Gasteiger partial charge in [0.1, 0.15) is 5.75 Å². The van der Waals surface area contributed by atoms with Crippen LogP contribution in [0.5, 0.6) is 5.75 Å². The van der Waals surface area contributed by atoms with E-state index in [4.69, 9.17) is 14.2 Å². The molecule has 4 nitrogen and oxygen atoms in total. The quantitative estimate of drug-likeness (QED) is 0.683. The van der Waals surface area contributed by atoms with Crippen molar-refractivity contribution in [2.24, 2.45) is 0 Å². The fourth-order valence-corrected chi connectivity index (χ4v) is 1.67. The minimum Gasteiger partial charge on any atom is -0.497 e. The fourth-order valence-electron chi connectivity index (χ4n) is 1.67. The molecule has 4 heteroatoms. The van der Waals surface area contributed by atoms with E-state index in [1.807, 2.05) is 32.2 Å². The first-order chi connectivity index (χ1) is 8.81. The summed E-state index contributed by atoms with van der Waals surface area (Å²) < 4.78 is 16.0. The van der Waals surface area contributed by atoms with Crippen LogP contribution in [0.15, 0.2) is 24.3 Å². The lowest BCUT2D eigenvalue weighted by atomic mass is 10.1. The Morgan fingerprint density at radius 1 is 1.22 bits per heavy atom. The summed E-state index contributed by atoms with van der Waals surface area (Å²) in [5.74, 6) is 0.863. The first-order valence-electron chi connectivity index (χ1n) is 6.28. The van der Waals surface area contributed by atoms with Crippen LogP contribution in [-0.4, -0.2) is 40.6 Å². The second-order valence-electron chi connectivity index (χ2n) is 3.89. The van der Waals surface area contributed by atoms with E-state index < -0.39 is 0 Å². The number of likely N-dealkylation sites (N-methyl/N-ethyl adjacent to an activating group) is 1. The first kappa shape index (κ1) is 15.0. The van der Waals surface area contributed by atoms with Crippen LogP contribution in [0.25, 0.3) is 0 Å². The summed E-state index contributed by atoms with van der Waals surface area (Å²) in [7, 11) is 3.60. The highest BCUT2D eigenvalue weighted by atomic mass is 16.5. The zero-order valence-corrected chi connectivity index (χ0v) is 11.4. The van der Waals surface area contributed by atoms with Gasteiger partial charge in [-0.25, -0.2) is 0 Å². The third kappa shape index (κ3) is 5.04. The Balaban J connectivity index is 2.44. The monoisotopic (exact) mass is 253 g/mol. The van der Waals surface area contributed by atoms with Crippen molar-refractivity contribution in [1.82, 2.24) is 5.32 Å². The molecule has 0 saturated heterocycles. The molecule has 0 aliphatic rings. The third-order valence-corrected chi connectivity index (χ3v) is 2.71. The zero-order chi connectivity index (χ0) is 13.2. The van der Waals surface area contributed by atoms with Gasteiger partial charge in [0, 0.05) is 6.61 Å². The summed E-state index contributed by atoms with van der Waals surface area (Å²) in [6, 6.07) is 8.18. The van der Waals surface area contributed by atoms with Gasteiger partial charge in [0.25, 0.3) is 0 Å². The molecular weight excluding hydrogens is 230 g/mol. The molecule has 0 heterocycles. The van der Waals surface area contributed by atoms with E-state index in [-0.39, 0.29) is 6.04 Å². The van der Waals surface area contributed by atoms with Crippen molar-refractivity contribution in [2.75, 3.05) is 40.6 Å². The molecule has 18 heavy (non-hydrogen) atoms. The molecule has 1 N–H and O–H groups in total. The minimum atomic E-state index is 0.168. The molecule has 1 unspecified atom stereocenters. The summed E-state index contributed by atoms with van der Waals surface area (Å²) >= 11 is 0. The molecule has 1 rings (SSSR count). The van der Waals surface area contributed by atoms with Crippen molar-refractivity contribution in [3.05, 3.63) is 29.8 Å². The van der Waals surface area contributed by atoms with Gasteiger partial charge < -0.3 is 19.5 Å². The van der Waals surface area contributed by atoms with Crippen LogP contribution in [0.4, 0.5) is 0 Å². The van der Waals surface area contributed by atoms with Gasteiger partial charge in [-0.15, -0.1) is 0 Å². The number of hydrogen-bond acceptors (Lipinski definition) is 4. The number of hydrogen-bond donors (Lipinski definition) is 1. The van der Waals surface area contributed by atoms with Gasteiger partial charge in [0.2, 0.25) is 0 Å². The van der Waals surface area contributed by atoms with E-state index in [9.17, 15) is 0 Å². The molecule has 0 saturated carbocycles. The van der Waals surface area contributed by atoms with E-state index >= 15 is 0 Å². The predicted octanol–water partition coefficient (Wildman–Crippen LogP) is 2.01. The fraction of sp³-hybridized carbons (Fsp3) is 0.571. The number of ether oxygens (including phenoxy) is 3. The summed E-state index contributed by atoms with van der Waals surface area (Å²) in [6.07, 6.45) is 0. The Kier molecular flexibility index (Phi) is 7.41. The number of benzene rings is 1. The molecule has 0 fully saturated rings. The first-order valence-corrected chi connectivity index (χ1v) is 6.28. The molecule has 0 aromatic heterocycles. The third-order valence-electron chi connectivity index (χ3n) is 2.71. The van der Waals surface area contributed by atoms with Crippen LogP contribution in [0, 0.1) is 0 Å². The molecule has 0 aliphatic heterocycles. The van der Waals surface area contributed by atoms with E-state index in [2.05, 4.69) is 11.4 Å². The maximum absolute atomic E-state index is 5.59. The second kappa shape index (κ2) is 8.91. The van der Waals surface area contributed by atoms with E-state index in [0.29, 0.717) is 19.8 Å². The maximum atomic E-state index is 5.59. The Bertz CT molecular complexity index is 331. The Morgan fingerprint density at radius 3 is 2.67 bits per heavy atom. The molecule has 1 atom stereocenters. The van der Waals surface area contributed by atoms with Crippen molar-refractivity contribution < 1.29 is 14.2 Å². The van der Waals surface area contributed by atoms with Crippen LogP contribution < -0.4 is 10.1 Å². The molecular formula is C14H23NO3. The molecule has 0 spiro atoms. The molecule has 102 valence electrons. The maximum Gasteiger partial charge on any atom is 0.119 e. The molecule has 0 bridgehead atoms. The van der Waals surface area contributed by atoms with Gasteiger partial charge in [-0.3, -0.25) is 0 Å². The standard InChI is InChI=1S/C14H23NO3/c1-4-17-8-9-18-11-14(15-2)12-6-5-7-13(10-12)16-3/h5-7,10,14-15H,4,8-9,11H2,1-3H3. The molecule has 0 aliphatic carbocycles. The van der Waals surface area contributed by atoms with Gasteiger partial charge in [0.15, 0.2) is 0 Å². The SMILES string of the molecule is CCOCCOCC(NC)c1cccc(OC)c1. The van der Waals surface area contributed by atoms with Gasteiger partial charge in [-0.05, 0) is 31.7 Å². The van der Waals surface area contributed by atoms with E-state index in [0.717, 1.165) is 17.9 Å². The van der Waals surface area contributed by atoms with Crippen molar-refractivity contribution in [2.45, 2.75) is 13.0 Å². The van der Waals surface area contributed by atoms with Gasteiger partial charge in [-0.1, -0.05) is 12.1 Å². The lowest BCUT2D eigenvalue weighted by Crippen LogP contribution is -2.22. The van der Waals surface area contributed by atoms with E-state index in [1.54, 1.807) is 7.11 Å². The molecule has 1 aromatic carbocycles. The van der Waals surface area contributed by atoms with Crippen LogP contribution in [0.1, 0.15) is 18.5 Å². The summed E-state index contributed by atoms with van der Waals surface area (Å²) in [5.41, 5.74) is 1.16. The number of nitrogens with one attached hydrogen (secondary N) is 1. The Labute approximate surface area is 109 Å². The molecule has 0 amide bonds. The van der Waals surface area contributed by atoms with Crippen LogP contribution >= 0.6 is 0 Å². The van der Waals surface area contributed by atoms with Crippen LogP contribution in [0.2, 0.25) is 0 Å². The normalized spacial score (nSPS) is 12.4. The second-order valence-corrected chi connectivity index (χ2v) is 3.89. The van der Waals surface area contributed by atoms with Crippen molar-refractivity contribution in [1.29, 1.82) is 0 Å². The lowest BCUT2D eigenvalue weighted by molar-refractivity contribution is 0.0441. The predicted molar refractivity (Wildman–Crippen MR) is 72.1 cm³/mol. The number of rotatable bonds is 9. The van der Waals surface area contributed by atoms with Crippen molar-refractivity contribution in [3.8, 4) is 5.75 Å². The van der Waals surface area contributed by atoms with E-state index in [1.165, 1.54) is 0 Å². The van der Waals surface area contributed by atoms with Crippen molar-refractivity contribution >= 4 is 0 Å². The molecule has 0 radical (unpaired) electrons. The smallest absolute Gasteiger partial charge is 0.119 e. The largest absolute Gasteiger partial charge is 0.497 e. The number of methoxy groups -OCH3 is 1.